The van der Waals surface area contributed by atoms with E-state index in [0.717, 1.165) is 77.0 Å². The van der Waals surface area contributed by atoms with Gasteiger partial charge in [-0.05, 0) is 91.2 Å². The van der Waals surface area contributed by atoms with E-state index in [9.17, 15) is 20.3 Å². The number of nitrogens with zero attached hydrogens (tertiary/aromatic N) is 4. The minimum absolute atomic E-state index is 0.112. The summed E-state index contributed by atoms with van der Waals surface area (Å²) in [5, 5.41) is 29.3. The van der Waals surface area contributed by atoms with Gasteiger partial charge in [-0.2, -0.15) is 5.26 Å². The Morgan fingerprint density at radius 3 is 2.41 bits per heavy atom. The quantitative estimate of drug-likeness (QED) is 0.0783. The van der Waals surface area contributed by atoms with Crippen molar-refractivity contribution in [3.63, 3.8) is 0 Å². The van der Waals surface area contributed by atoms with Crippen LogP contribution >= 0.6 is 11.6 Å². The van der Waals surface area contributed by atoms with Crippen molar-refractivity contribution in [1.82, 2.24) is 14.8 Å². The number of aliphatic hydroxyl groups excluding tert-OH is 1. The number of aliphatic hydroxyl groups is 1. The van der Waals surface area contributed by atoms with Gasteiger partial charge >= 0.3 is 5.97 Å². The fourth-order valence-corrected chi connectivity index (χ4v) is 7.73. The summed E-state index contributed by atoms with van der Waals surface area (Å²) in [6.45, 7) is 8.45. The van der Waals surface area contributed by atoms with Crippen molar-refractivity contribution in [2.75, 3.05) is 32.8 Å². The molecule has 1 aliphatic rings. The lowest BCUT2D eigenvalue weighted by atomic mass is 9.93. The van der Waals surface area contributed by atoms with Gasteiger partial charge in [-0.25, -0.2) is 0 Å². The van der Waals surface area contributed by atoms with Gasteiger partial charge in [0.1, 0.15) is 42.6 Å². The first-order chi connectivity index (χ1) is 28.2. The number of carboxylic acids is 1. The topological polar surface area (TPSA) is 128 Å². The first kappa shape index (κ1) is 42.2. The summed E-state index contributed by atoms with van der Waals surface area (Å²) < 4.78 is 19.1. The van der Waals surface area contributed by atoms with E-state index in [1.807, 2.05) is 47.4 Å². The average molecular weight is 803 g/mol. The van der Waals surface area contributed by atoms with Crippen molar-refractivity contribution in [2.24, 2.45) is 0 Å². The molecular weight excluding hydrogens is 752 g/mol. The summed E-state index contributed by atoms with van der Waals surface area (Å²) in [7, 11) is 0. The van der Waals surface area contributed by atoms with E-state index < -0.39 is 12.0 Å². The fourth-order valence-electron chi connectivity index (χ4n) is 7.48. The van der Waals surface area contributed by atoms with Gasteiger partial charge in [-0.3, -0.25) is 19.6 Å². The Hall–Kier alpha value is -5.44. The predicted octanol–water partition coefficient (Wildman–Crippen LogP) is 8.75. The summed E-state index contributed by atoms with van der Waals surface area (Å²) in [5.74, 6) is 0.961. The number of carbonyl (C=O) groups is 1. The number of halogens is 1. The smallest absolute Gasteiger partial charge is 0.320 e. The van der Waals surface area contributed by atoms with Crippen molar-refractivity contribution in [1.29, 1.82) is 5.26 Å². The molecule has 0 radical (unpaired) electrons. The SMILES string of the molecule is Cc1c(COc2cc(OCc3cncc(C#N)c3)c(CN3CCCC[C@H]3C(=O)O)cc2Cl)cccc1-c1cccc(OCCCN(CCO)Cc2ccccc2)c1C. The van der Waals surface area contributed by atoms with Crippen molar-refractivity contribution < 1.29 is 29.2 Å². The van der Waals surface area contributed by atoms with Crippen molar-refractivity contribution in [2.45, 2.75) is 71.9 Å². The van der Waals surface area contributed by atoms with Crippen molar-refractivity contribution in [3.8, 4) is 34.4 Å². The zero-order valence-corrected chi connectivity index (χ0v) is 34.0. The third kappa shape index (κ3) is 11.1. The lowest BCUT2D eigenvalue weighted by molar-refractivity contribution is -0.144. The van der Waals surface area contributed by atoms with E-state index in [0.29, 0.717) is 54.7 Å². The van der Waals surface area contributed by atoms with E-state index >= 15 is 0 Å². The highest BCUT2D eigenvalue weighted by molar-refractivity contribution is 6.32. The molecule has 0 amide bonds. The molecule has 1 aromatic heterocycles. The Morgan fingerprint density at radius 2 is 1.64 bits per heavy atom. The Balaban J connectivity index is 1.15. The summed E-state index contributed by atoms with van der Waals surface area (Å²) in [6.07, 6.45) is 6.35. The molecule has 0 aliphatic carbocycles. The van der Waals surface area contributed by atoms with Gasteiger partial charge in [-0.15, -0.1) is 0 Å². The van der Waals surface area contributed by atoms with Crippen LogP contribution in [-0.4, -0.2) is 69.9 Å². The molecule has 0 bridgehead atoms. The van der Waals surface area contributed by atoms with Gasteiger partial charge in [0.2, 0.25) is 0 Å². The molecule has 2 N–H and O–H groups in total. The molecule has 1 fully saturated rings. The number of piperidine rings is 1. The first-order valence-electron chi connectivity index (χ1n) is 19.8. The van der Waals surface area contributed by atoms with Crippen LogP contribution in [0, 0.1) is 25.2 Å². The predicted molar refractivity (Wildman–Crippen MR) is 225 cm³/mol. The molecule has 1 atom stereocenters. The lowest BCUT2D eigenvalue weighted by Gasteiger charge is -2.33. The van der Waals surface area contributed by atoms with Crippen LogP contribution in [0.2, 0.25) is 5.02 Å². The number of rotatable bonds is 19. The molecule has 58 heavy (non-hydrogen) atoms. The number of hydrogen-bond donors (Lipinski definition) is 2. The molecule has 1 saturated heterocycles. The monoisotopic (exact) mass is 802 g/mol. The molecule has 0 unspecified atom stereocenters. The molecule has 5 aromatic rings. The summed E-state index contributed by atoms with van der Waals surface area (Å²) in [4.78, 5) is 20.5. The molecule has 6 rings (SSSR count). The van der Waals surface area contributed by atoms with Crippen LogP contribution in [0.5, 0.6) is 17.2 Å². The van der Waals surface area contributed by atoms with Crippen LogP contribution in [-0.2, 0) is 31.1 Å². The summed E-state index contributed by atoms with van der Waals surface area (Å²) in [5.41, 5.74) is 8.40. The minimum atomic E-state index is -0.837. The highest BCUT2D eigenvalue weighted by Gasteiger charge is 2.29. The largest absolute Gasteiger partial charge is 0.493 e. The molecule has 2 heterocycles. The summed E-state index contributed by atoms with van der Waals surface area (Å²) in [6, 6.07) is 29.4. The van der Waals surface area contributed by atoms with Crippen LogP contribution in [0.25, 0.3) is 11.1 Å². The number of nitriles is 1. The number of benzene rings is 4. The van der Waals surface area contributed by atoms with Crippen LogP contribution < -0.4 is 14.2 Å². The number of ether oxygens (including phenoxy) is 3. The molecule has 0 spiro atoms. The number of aliphatic carboxylic acids is 1. The third-order valence-corrected chi connectivity index (χ3v) is 10.9. The zero-order chi connectivity index (χ0) is 40.9. The van der Waals surface area contributed by atoms with E-state index in [4.69, 9.17) is 25.8 Å². The highest BCUT2D eigenvalue weighted by atomic mass is 35.5. The van der Waals surface area contributed by atoms with Crippen LogP contribution in [0.15, 0.2) is 97.3 Å². The average Bonchev–Trinajstić information content (AvgIpc) is 3.23. The molecule has 4 aromatic carbocycles. The maximum absolute atomic E-state index is 12.1. The van der Waals surface area contributed by atoms with Gasteiger partial charge in [0, 0.05) is 55.8 Å². The molecule has 10 nitrogen and oxygen atoms in total. The van der Waals surface area contributed by atoms with Gasteiger partial charge in [0.25, 0.3) is 0 Å². The first-order valence-corrected chi connectivity index (χ1v) is 20.2. The van der Waals surface area contributed by atoms with Gasteiger partial charge in [-0.1, -0.05) is 78.7 Å². The Bertz CT molecular complexity index is 2190. The van der Waals surface area contributed by atoms with E-state index in [1.165, 1.54) is 11.8 Å². The van der Waals surface area contributed by atoms with Crippen molar-refractivity contribution in [3.05, 3.63) is 141 Å². The summed E-state index contributed by atoms with van der Waals surface area (Å²) >= 11 is 6.88. The van der Waals surface area contributed by atoms with Crippen LogP contribution in [0.4, 0.5) is 0 Å². The highest BCUT2D eigenvalue weighted by Crippen LogP contribution is 2.37. The Morgan fingerprint density at radius 1 is 0.862 bits per heavy atom. The second-order valence-corrected chi connectivity index (χ2v) is 15.1. The van der Waals surface area contributed by atoms with Gasteiger partial charge in [0.15, 0.2) is 0 Å². The van der Waals surface area contributed by atoms with E-state index in [-0.39, 0.29) is 19.8 Å². The number of likely N-dealkylation sites (tertiary alicyclic amines) is 1. The number of aromatic nitrogens is 1. The second kappa shape index (κ2) is 20.8. The Kier molecular flexibility index (Phi) is 15.1. The van der Waals surface area contributed by atoms with Gasteiger partial charge in [0.05, 0.1) is 23.8 Å². The van der Waals surface area contributed by atoms with Crippen LogP contribution in [0.1, 0.15) is 64.6 Å². The normalized spacial score (nSPS) is 14.2. The Labute approximate surface area is 346 Å². The number of carboxylic acid groups (broad SMARTS) is 1. The second-order valence-electron chi connectivity index (χ2n) is 14.7. The molecule has 11 heteroatoms. The van der Waals surface area contributed by atoms with E-state index in [1.54, 1.807) is 24.4 Å². The molecular formula is C47H51ClN4O6. The fraction of sp³-hybridized carbons (Fsp3) is 0.340. The van der Waals surface area contributed by atoms with Crippen molar-refractivity contribution >= 4 is 17.6 Å². The maximum Gasteiger partial charge on any atom is 0.320 e. The standard InChI is InChI=1S/C47H51ClN4O6/c1-33-38(13-8-14-40(33)41-15-9-17-44(34(41)2)56-22-10-18-51(20-21-53)29-35-11-4-3-5-12-35)32-58-46-25-45(57-31-37-23-36(26-49)27-50-28-37)39(24-42(46)48)30-52-19-7-6-16-43(52)47(54)55/h3-5,8-9,11-15,17,23-25,27-28,43,53H,6-7,10,16,18-22,29-32H2,1-2H3,(H,54,55)/t43-/m0/s1. The van der Waals surface area contributed by atoms with E-state index in [2.05, 4.69) is 54.1 Å². The number of hydrogen-bond acceptors (Lipinski definition) is 9. The van der Waals surface area contributed by atoms with Gasteiger partial charge < -0.3 is 24.4 Å². The van der Waals surface area contributed by atoms with Crippen LogP contribution in [0.3, 0.4) is 0 Å². The number of pyridine rings is 1. The molecule has 1 aliphatic heterocycles. The zero-order valence-electron chi connectivity index (χ0n) is 33.2. The molecule has 302 valence electrons. The maximum atomic E-state index is 12.1. The lowest BCUT2D eigenvalue weighted by Crippen LogP contribution is -2.44. The minimum Gasteiger partial charge on any atom is -0.493 e. The third-order valence-electron chi connectivity index (χ3n) is 10.7. The molecule has 0 saturated carbocycles.